The first-order valence-corrected chi connectivity index (χ1v) is 6.78. The SMILES string of the molecule is CC(C)c1nc(CC2CCCCO2)ncc1C(=O)O. The predicted molar refractivity (Wildman–Crippen MR) is 70.4 cm³/mol. The van der Waals surface area contributed by atoms with Gasteiger partial charge in [-0.3, -0.25) is 0 Å². The topological polar surface area (TPSA) is 72.3 Å². The Bertz CT molecular complexity index is 454. The largest absolute Gasteiger partial charge is 0.478 e. The van der Waals surface area contributed by atoms with Gasteiger partial charge in [-0.1, -0.05) is 13.8 Å². The predicted octanol–water partition coefficient (Wildman–Crippen LogP) is 2.41. The van der Waals surface area contributed by atoms with Gasteiger partial charge in [-0.05, 0) is 25.2 Å². The fourth-order valence-electron chi connectivity index (χ4n) is 2.31. The number of rotatable bonds is 4. The molecule has 5 heteroatoms. The van der Waals surface area contributed by atoms with E-state index in [0.717, 1.165) is 19.4 Å². The number of carboxylic acids is 1. The number of ether oxygens (including phenoxy) is 1. The van der Waals surface area contributed by atoms with Gasteiger partial charge in [0.2, 0.25) is 0 Å². The van der Waals surface area contributed by atoms with Crippen LogP contribution < -0.4 is 0 Å². The summed E-state index contributed by atoms with van der Waals surface area (Å²) in [6.45, 7) is 4.68. The van der Waals surface area contributed by atoms with Gasteiger partial charge in [0.25, 0.3) is 0 Å². The normalized spacial score (nSPS) is 19.6. The minimum Gasteiger partial charge on any atom is -0.478 e. The molecule has 2 heterocycles. The molecule has 0 saturated carbocycles. The zero-order chi connectivity index (χ0) is 13.8. The molecule has 1 unspecified atom stereocenters. The standard InChI is InChI=1S/C14H20N2O3/c1-9(2)13-11(14(17)18)8-15-12(16-13)7-10-5-3-4-6-19-10/h8-10H,3-7H2,1-2H3,(H,17,18). The van der Waals surface area contributed by atoms with E-state index in [1.54, 1.807) is 0 Å². The Morgan fingerprint density at radius 2 is 2.32 bits per heavy atom. The van der Waals surface area contributed by atoms with E-state index in [1.165, 1.54) is 12.6 Å². The van der Waals surface area contributed by atoms with E-state index >= 15 is 0 Å². The number of hydrogen-bond acceptors (Lipinski definition) is 4. The summed E-state index contributed by atoms with van der Waals surface area (Å²) in [6.07, 6.45) is 5.58. The molecule has 1 atom stereocenters. The van der Waals surface area contributed by atoms with Crippen molar-refractivity contribution < 1.29 is 14.6 Å². The molecule has 1 aliphatic rings. The number of carboxylic acid groups (broad SMARTS) is 1. The van der Waals surface area contributed by atoms with E-state index in [2.05, 4.69) is 9.97 Å². The fraction of sp³-hybridized carbons (Fsp3) is 0.643. The summed E-state index contributed by atoms with van der Waals surface area (Å²) in [7, 11) is 0. The Kier molecular flexibility index (Phi) is 4.47. The number of nitrogens with zero attached hydrogens (tertiary/aromatic N) is 2. The molecule has 0 spiro atoms. The van der Waals surface area contributed by atoms with Crippen LogP contribution in [0.4, 0.5) is 0 Å². The van der Waals surface area contributed by atoms with E-state index in [4.69, 9.17) is 9.84 Å². The van der Waals surface area contributed by atoms with E-state index in [0.29, 0.717) is 17.9 Å². The van der Waals surface area contributed by atoms with Crippen LogP contribution in [0.15, 0.2) is 6.20 Å². The van der Waals surface area contributed by atoms with Crippen LogP contribution >= 0.6 is 0 Å². The maximum atomic E-state index is 11.1. The molecule has 1 fully saturated rings. The van der Waals surface area contributed by atoms with Gasteiger partial charge in [0.15, 0.2) is 0 Å². The smallest absolute Gasteiger partial charge is 0.339 e. The maximum absolute atomic E-state index is 11.1. The summed E-state index contributed by atoms with van der Waals surface area (Å²) in [5.74, 6) is -0.218. The second-order valence-electron chi connectivity index (χ2n) is 5.24. The third-order valence-corrected chi connectivity index (χ3v) is 3.33. The highest BCUT2D eigenvalue weighted by Gasteiger charge is 2.19. The highest BCUT2D eigenvalue weighted by atomic mass is 16.5. The molecule has 0 aromatic carbocycles. The Hall–Kier alpha value is -1.49. The monoisotopic (exact) mass is 264 g/mol. The molecule has 2 rings (SSSR count). The molecule has 1 aliphatic heterocycles. The Labute approximate surface area is 113 Å². The van der Waals surface area contributed by atoms with Crippen LogP contribution in [0.25, 0.3) is 0 Å². The quantitative estimate of drug-likeness (QED) is 0.904. The lowest BCUT2D eigenvalue weighted by Crippen LogP contribution is -2.23. The molecule has 1 aromatic heterocycles. The van der Waals surface area contributed by atoms with Gasteiger partial charge in [-0.25, -0.2) is 14.8 Å². The van der Waals surface area contributed by atoms with Crippen molar-refractivity contribution in [2.45, 2.75) is 51.6 Å². The van der Waals surface area contributed by atoms with Gasteiger partial charge in [0, 0.05) is 19.2 Å². The molecule has 19 heavy (non-hydrogen) atoms. The van der Waals surface area contributed by atoms with Gasteiger partial charge >= 0.3 is 5.97 Å². The number of aromatic nitrogens is 2. The second-order valence-corrected chi connectivity index (χ2v) is 5.24. The van der Waals surface area contributed by atoms with Gasteiger partial charge in [0.1, 0.15) is 5.82 Å². The van der Waals surface area contributed by atoms with Crippen molar-refractivity contribution in [3.63, 3.8) is 0 Å². The molecule has 0 aliphatic carbocycles. The van der Waals surface area contributed by atoms with E-state index in [9.17, 15) is 4.79 Å². The fourth-order valence-corrected chi connectivity index (χ4v) is 2.31. The van der Waals surface area contributed by atoms with Gasteiger partial charge in [-0.2, -0.15) is 0 Å². The first-order chi connectivity index (χ1) is 9.08. The summed E-state index contributed by atoms with van der Waals surface area (Å²) >= 11 is 0. The number of hydrogen-bond donors (Lipinski definition) is 1. The zero-order valence-electron chi connectivity index (χ0n) is 11.4. The number of carbonyl (C=O) groups is 1. The lowest BCUT2D eigenvalue weighted by Gasteiger charge is -2.22. The van der Waals surface area contributed by atoms with Crippen LogP contribution in [0, 0.1) is 0 Å². The molecule has 1 N–H and O–H groups in total. The molecule has 0 amide bonds. The van der Waals surface area contributed by atoms with Crippen molar-refractivity contribution in [3.8, 4) is 0 Å². The average molecular weight is 264 g/mol. The molecule has 0 bridgehead atoms. The lowest BCUT2D eigenvalue weighted by molar-refractivity contribution is 0.0156. The molecule has 0 radical (unpaired) electrons. The summed E-state index contributed by atoms with van der Waals surface area (Å²) in [5, 5.41) is 9.12. The van der Waals surface area contributed by atoms with Crippen molar-refractivity contribution in [2.24, 2.45) is 0 Å². The Balaban J connectivity index is 2.17. The van der Waals surface area contributed by atoms with Crippen LogP contribution in [0.3, 0.4) is 0 Å². The van der Waals surface area contributed by atoms with Crippen molar-refractivity contribution in [1.29, 1.82) is 0 Å². The molecule has 1 saturated heterocycles. The zero-order valence-corrected chi connectivity index (χ0v) is 11.4. The lowest BCUT2D eigenvalue weighted by atomic mass is 10.0. The van der Waals surface area contributed by atoms with E-state index in [1.807, 2.05) is 13.8 Å². The van der Waals surface area contributed by atoms with Crippen LogP contribution in [0.5, 0.6) is 0 Å². The summed E-state index contributed by atoms with van der Waals surface area (Å²) in [4.78, 5) is 19.7. The van der Waals surface area contributed by atoms with Gasteiger partial charge in [0.05, 0.1) is 17.4 Å². The Morgan fingerprint density at radius 3 is 2.89 bits per heavy atom. The molecular formula is C14H20N2O3. The van der Waals surface area contributed by atoms with Crippen LogP contribution in [-0.4, -0.2) is 33.8 Å². The van der Waals surface area contributed by atoms with Crippen molar-refractivity contribution in [2.75, 3.05) is 6.61 Å². The Morgan fingerprint density at radius 1 is 1.53 bits per heavy atom. The summed E-state index contributed by atoms with van der Waals surface area (Å²) < 4.78 is 5.66. The van der Waals surface area contributed by atoms with E-state index in [-0.39, 0.29) is 17.6 Å². The molecule has 104 valence electrons. The highest BCUT2D eigenvalue weighted by Crippen LogP contribution is 2.19. The van der Waals surface area contributed by atoms with Gasteiger partial charge in [-0.15, -0.1) is 0 Å². The second kappa shape index (κ2) is 6.10. The molecule has 1 aromatic rings. The van der Waals surface area contributed by atoms with Crippen LogP contribution in [0.2, 0.25) is 0 Å². The van der Waals surface area contributed by atoms with Crippen molar-refractivity contribution in [1.82, 2.24) is 9.97 Å². The minimum atomic E-state index is -0.968. The summed E-state index contributed by atoms with van der Waals surface area (Å²) in [6, 6.07) is 0. The third kappa shape index (κ3) is 3.50. The van der Waals surface area contributed by atoms with Crippen molar-refractivity contribution in [3.05, 3.63) is 23.3 Å². The first-order valence-electron chi connectivity index (χ1n) is 6.78. The van der Waals surface area contributed by atoms with Crippen molar-refractivity contribution >= 4 is 5.97 Å². The highest BCUT2D eigenvalue weighted by molar-refractivity contribution is 5.88. The third-order valence-electron chi connectivity index (χ3n) is 3.33. The molecular weight excluding hydrogens is 244 g/mol. The maximum Gasteiger partial charge on any atom is 0.339 e. The summed E-state index contributed by atoms with van der Waals surface area (Å²) in [5.41, 5.74) is 0.802. The minimum absolute atomic E-state index is 0.0696. The molecule has 5 nitrogen and oxygen atoms in total. The van der Waals surface area contributed by atoms with Gasteiger partial charge < -0.3 is 9.84 Å². The van der Waals surface area contributed by atoms with E-state index < -0.39 is 5.97 Å². The van der Waals surface area contributed by atoms with Crippen LogP contribution in [-0.2, 0) is 11.2 Å². The number of aromatic carboxylic acids is 1. The first kappa shape index (κ1) is 13.9. The van der Waals surface area contributed by atoms with Crippen LogP contribution in [0.1, 0.15) is 60.9 Å². The average Bonchev–Trinajstić information content (AvgIpc) is 2.39.